The van der Waals surface area contributed by atoms with Gasteiger partial charge in [-0.2, -0.15) is 30.4 Å². The van der Waals surface area contributed by atoms with Crippen molar-refractivity contribution >= 4 is 75.7 Å². The Morgan fingerprint density at radius 3 is 2.10 bits per heavy atom. The van der Waals surface area contributed by atoms with Crippen LogP contribution in [-0.4, -0.2) is 48.9 Å². The molecule has 0 atom stereocenters. The third-order valence-corrected chi connectivity index (χ3v) is 8.45. The zero-order valence-electron chi connectivity index (χ0n) is 20.4. The van der Waals surface area contributed by atoms with Gasteiger partial charge in [0.25, 0.3) is 30.4 Å². The summed E-state index contributed by atoms with van der Waals surface area (Å²) in [4.78, 5) is 4.85. The van der Waals surface area contributed by atoms with Gasteiger partial charge in [0.2, 0.25) is 0 Å². The van der Waals surface area contributed by atoms with Gasteiger partial charge in [0.05, 0.1) is 21.6 Å². The van der Waals surface area contributed by atoms with Gasteiger partial charge in [-0.3, -0.25) is 13.7 Å². The fourth-order valence-corrected chi connectivity index (χ4v) is 6.01. The van der Waals surface area contributed by atoms with Gasteiger partial charge in [0.15, 0.2) is 0 Å². The number of nitrogens with one attached hydrogen (secondary N) is 1. The highest BCUT2D eigenvalue weighted by atomic mass is 32.2. The first-order valence-electron chi connectivity index (χ1n) is 11.4. The van der Waals surface area contributed by atoms with Gasteiger partial charge in [-0.25, -0.2) is 4.98 Å². The molecule has 5 rings (SSSR count). The maximum Gasteiger partial charge on any atom is 0.296 e. The third-order valence-electron chi connectivity index (χ3n) is 5.84. The van der Waals surface area contributed by atoms with Crippen LogP contribution in [0.3, 0.4) is 0 Å². The second-order valence-electron chi connectivity index (χ2n) is 8.62. The normalized spacial score (nSPS) is 13.1. The van der Waals surface area contributed by atoms with Crippen molar-refractivity contribution in [3.63, 3.8) is 0 Å². The van der Waals surface area contributed by atoms with Crippen LogP contribution in [0, 0.1) is 0 Å². The number of fused-ring (bicyclic) bond motifs is 2. The molecule has 0 saturated heterocycles. The molecule has 4 N–H and O–H groups in total. The van der Waals surface area contributed by atoms with Crippen LogP contribution in [0.5, 0.6) is 0 Å². The maximum atomic E-state index is 12.1. The van der Waals surface area contributed by atoms with Crippen LogP contribution in [0.15, 0.2) is 97.7 Å². The molecule has 0 amide bonds. The number of benzene rings is 4. The molecule has 0 bridgehead atoms. The number of azo groups is 1. The number of aromatic amines is 1. The van der Waals surface area contributed by atoms with Crippen molar-refractivity contribution in [2.45, 2.75) is 14.7 Å². The molecule has 0 aliphatic heterocycles. The number of aromatic nitrogens is 2. The molecule has 0 radical (unpaired) electrons. The summed E-state index contributed by atoms with van der Waals surface area (Å²) in [5.74, 6) is 0.594. The predicted molar refractivity (Wildman–Crippen MR) is 149 cm³/mol. The monoisotopic (exact) mass is 614 g/mol. The van der Waals surface area contributed by atoms with E-state index in [9.17, 15) is 38.9 Å². The molecule has 0 aliphatic rings. The van der Waals surface area contributed by atoms with Crippen LogP contribution in [0.1, 0.15) is 11.4 Å². The van der Waals surface area contributed by atoms with Crippen molar-refractivity contribution in [2.75, 3.05) is 0 Å². The molecule has 4 aromatic carbocycles. The number of para-hydroxylation sites is 2. The molecule has 16 heteroatoms. The van der Waals surface area contributed by atoms with E-state index in [1.165, 1.54) is 6.07 Å². The van der Waals surface area contributed by atoms with Crippen LogP contribution in [0.4, 0.5) is 11.4 Å². The number of H-pyrrole nitrogens is 1. The molecule has 0 unspecified atom stereocenters. The standard InChI is InChI=1S/C25H18N4O9S3/c30-39(31,32)17-13-19-18(23(14-17)41(36,37)38)9-10-22(40(33,34)35)25(19)29-28-16-5-3-4-15(12-16)8-11-24-26-20-6-1-2-7-21(20)27-24/h1-14H,(H,26,27)(H,30,31,32)(H,33,34,35)(H,36,37,38)/b11-8+,29-28?. The first kappa shape index (κ1) is 28.2. The maximum absolute atomic E-state index is 12.1. The number of hydrogen-bond donors (Lipinski definition) is 4. The van der Waals surface area contributed by atoms with Gasteiger partial charge >= 0.3 is 0 Å². The minimum absolute atomic E-state index is 0.205. The molecule has 0 spiro atoms. The minimum Gasteiger partial charge on any atom is -0.338 e. The Bertz CT molecular complexity index is 2210. The molecule has 13 nitrogen and oxygen atoms in total. The van der Waals surface area contributed by atoms with Crippen molar-refractivity contribution in [1.29, 1.82) is 0 Å². The van der Waals surface area contributed by atoms with Crippen molar-refractivity contribution in [1.82, 2.24) is 9.97 Å². The summed E-state index contributed by atoms with van der Waals surface area (Å²) in [6.45, 7) is 0. The summed E-state index contributed by atoms with van der Waals surface area (Å²) in [5.41, 5.74) is 1.86. The van der Waals surface area contributed by atoms with Crippen molar-refractivity contribution in [2.24, 2.45) is 10.2 Å². The molecule has 0 aliphatic carbocycles. The van der Waals surface area contributed by atoms with E-state index in [0.717, 1.165) is 29.2 Å². The Morgan fingerprint density at radius 1 is 0.683 bits per heavy atom. The first-order valence-corrected chi connectivity index (χ1v) is 15.7. The molecule has 5 aromatic rings. The van der Waals surface area contributed by atoms with E-state index in [2.05, 4.69) is 20.2 Å². The quantitative estimate of drug-likeness (QED) is 0.141. The number of hydrogen-bond acceptors (Lipinski definition) is 9. The van der Waals surface area contributed by atoms with E-state index in [1.807, 2.05) is 24.3 Å². The summed E-state index contributed by atoms with van der Waals surface area (Å²) >= 11 is 0. The third kappa shape index (κ3) is 6.07. The number of rotatable bonds is 7. The molecule has 0 fully saturated rings. The topological polar surface area (TPSA) is 217 Å². The van der Waals surface area contributed by atoms with E-state index in [-0.39, 0.29) is 11.1 Å². The Balaban J connectivity index is 1.62. The van der Waals surface area contributed by atoms with Crippen LogP contribution in [-0.2, 0) is 30.4 Å². The van der Waals surface area contributed by atoms with Gasteiger partial charge < -0.3 is 4.98 Å². The van der Waals surface area contributed by atoms with E-state index in [4.69, 9.17) is 0 Å². The Morgan fingerprint density at radius 2 is 1.41 bits per heavy atom. The highest BCUT2D eigenvalue weighted by Crippen LogP contribution is 2.38. The smallest absolute Gasteiger partial charge is 0.296 e. The van der Waals surface area contributed by atoms with Crippen molar-refractivity contribution in [3.05, 3.63) is 84.2 Å². The molecule has 210 valence electrons. The Hall–Kier alpha value is -4.32. The fraction of sp³-hybridized carbons (Fsp3) is 0. The lowest BCUT2D eigenvalue weighted by Crippen LogP contribution is -2.05. The molecular formula is C25H18N4O9S3. The van der Waals surface area contributed by atoms with Gasteiger partial charge in [0.1, 0.15) is 21.3 Å². The highest BCUT2D eigenvalue weighted by molar-refractivity contribution is 7.87. The zero-order valence-corrected chi connectivity index (χ0v) is 22.9. The molecule has 1 aromatic heterocycles. The average Bonchev–Trinajstić information content (AvgIpc) is 3.31. The van der Waals surface area contributed by atoms with Gasteiger partial charge in [-0.1, -0.05) is 36.4 Å². The lowest BCUT2D eigenvalue weighted by atomic mass is 10.1. The summed E-state index contributed by atoms with van der Waals surface area (Å²) in [6.07, 6.45) is 3.46. The van der Waals surface area contributed by atoms with Gasteiger partial charge in [0, 0.05) is 10.8 Å². The first-order chi connectivity index (χ1) is 19.2. The van der Waals surface area contributed by atoms with Crippen molar-refractivity contribution in [3.8, 4) is 0 Å². The van der Waals surface area contributed by atoms with Crippen LogP contribution >= 0.6 is 0 Å². The van der Waals surface area contributed by atoms with Gasteiger partial charge in [-0.05, 0) is 54.1 Å². The summed E-state index contributed by atoms with van der Waals surface area (Å²) in [7, 11) is -15.1. The second-order valence-corrected chi connectivity index (χ2v) is 12.8. The molecular weight excluding hydrogens is 596 g/mol. The molecule has 0 saturated carbocycles. The molecule has 1 heterocycles. The summed E-state index contributed by atoms with van der Waals surface area (Å²) < 4.78 is 101. The largest absolute Gasteiger partial charge is 0.338 e. The van der Waals surface area contributed by atoms with E-state index < -0.39 is 56.1 Å². The lowest BCUT2D eigenvalue weighted by molar-refractivity contribution is 0.480. The van der Waals surface area contributed by atoms with E-state index >= 15 is 0 Å². The number of nitrogens with zero attached hydrogens (tertiary/aromatic N) is 3. The summed E-state index contributed by atoms with van der Waals surface area (Å²) in [6, 6.07) is 16.9. The second kappa shape index (κ2) is 10.3. The SMILES string of the molecule is O=S(=O)(O)c1cc(S(=O)(=O)O)c2ccc(S(=O)(=O)O)c(N=Nc3cccc(/C=C/c4nc5ccccc5[nH]4)c3)c2c1. The predicted octanol–water partition coefficient (Wildman–Crippen LogP) is 5.04. The molecule has 41 heavy (non-hydrogen) atoms. The van der Waals surface area contributed by atoms with Crippen LogP contribution in [0.25, 0.3) is 34.0 Å². The Kier molecular flexibility index (Phi) is 7.06. The lowest BCUT2D eigenvalue weighted by Gasteiger charge is -2.11. The van der Waals surface area contributed by atoms with E-state index in [1.54, 1.807) is 30.4 Å². The van der Waals surface area contributed by atoms with E-state index in [0.29, 0.717) is 17.5 Å². The van der Waals surface area contributed by atoms with Gasteiger partial charge in [-0.15, -0.1) is 5.11 Å². The highest BCUT2D eigenvalue weighted by Gasteiger charge is 2.25. The van der Waals surface area contributed by atoms with Crippen LogP contribution in [0.2, 0.25) is 0 Å². The van der Waals surface area contributed by atoms with Crippen LogP contribution < -0.4 is 0 Å². The number of imidazole rings is 1. The Labute approximate surface area is 233 Å². The minimum atomic E-state index is -5.06. The summed E-state index contributed by atoms with van der Waals surface area (Å²) in [5, 5.41) is 7.10. The average molecular weight is 615 g/mol. The zero-order chi connectivity index (χ0) is 29.6. The van der Waals surface area contributed by atoms with Crippen molar-refractivity contribution < 1.29 is 38.9 Å². The fourth-order valence-electron chi connectivity index (χ4n) is 4.04.